The predicted octanol–water partition coefficient (Wildman–Crippen LogP) is 2.89. The van der Waals surface area contributed by atoms with Gasteiger partial charge in [0, 0.05) is 32.2 Å². The number of carbonyl (C=O) groups is 1. The van der Waals surface area contributed by atoms with Crippen LogP contribution in [0.3, 0.4) is 0 Å². The number of carbonyl (C=O) groups excluding carboxylic acids is 1. The zero-order valence-corrected chi connectivity index (χ0v) is 14.1. The molecular weight excluding hydrogens is 288 g/mol. The number of likely N-dealkylation sites (N-methyl/N-ethyl adjacent to an activating group) is 1. The molecule has 0 aromatic heterocycles. The third-order valence-electron chi connectivity index (χ3n) is 5.00. The largest absolute Gasteiger partial charge is 0.367 e. The summed E-state index contributed by atoms with van der Waals surface area (Å²) in [6.07, 6.45) is 4.66. The molecule has 2 N–H and O–H groups in total. The zero-order valence-electron chi connectivity index (χ0n) is 14.1. The predicted molar refractivity (Wildman–Crippen MR) is 95.2 cm³/mol. The van der Waals surface area contributed by atoms with Crippen molar-refractivity contribution >= 4 is 17.4 Å². The highest BCUT2D eigenvalue weighted by Gasteiger charge is 2.20. The van der Waals surface area contributed by atoms with Crippen molar-refractivity contribution in [3.8, 4) is 0 Å². The van der Waals surface area contributed by atoms with Gasteiger partial charge >= 0.3 is 6.03 Å². The zero-order chi connectivity index (χ0) is 16.1. The Bertz CT molecular complexity index is 520. The van der Waals surface area contributed by atoms with Gasteiger partial charge in [-0.25, -0.2) is 4.79 Å². The summed E-state index contributed by atoms with van der Waals surface area (Å²) in [5.74, 6) is 0. The topological polar surface area (TPSA) is 47.6 Å². The molecule has 5 nitrogen and oxygen atoms in total. The maximum absolute atomic E-state index is 12.3. The third kappa shape index (κ3) is 4.16. The van der Waals surface area contributed by atoms with Gasteiger partial charge in [0.1, 0.15) is 0 Å². The van der Waals surface area contributed by atoms with E-state index in [1.807, 2.05) is 18.2 Å². The molecule has 0 radical (unpaired) electrons. The number of hydrogen-bond donors (Lipinski definition) is 2. The molecule has 0 unspecified atom stereocenters. The standard InChI is InChI=1S/C18H28N4O/c1-2-21-11-13-22(14-12-21)17-10-6-5-9-16(17)20-18(23)19-15-7-3-4-8-15/h5-6,9-10,15H,2-4,7-8,11-14H2,1H3,(H2,19,20,23). The summed E-state index contributed by atoms with van der Waals surface area (Å²) in [5.41, 5.74) is 2.04. The number of piperazine rings is 1. The molecule has 1 heterocycles. The number of rotatable bonds is 4. The van der Waals surface area contributed by atoms with Crippen LogP contribution in [0.25, 0.3) is 0 Å². The summed E-state index contributed by atoms with van der Waals surface area (Å²) in [5, 5.41) is 6.15. The third-order valence-corrected chi connectivity index (χ3v) is 5.00. The van der Waals surface area contributed by atoms with Crippen LogP contribution in [0.1, 0.15) is 32.6 Å². The first kappa shape index (κ1) is 16.1. The Balaban J connectivity index is 1.62. The van der Waals surface area contributed by atoms with Gasteiger partial charge < -0.3 is 20.4 Å². The molecule has 0 atom stereocenters. The average Bonchev–Trinajstić information content (AvgIpc) is 3.08. The Labute approximate surface area is 139 Å². The Morgan fingerprint density at radius 2 is 1.83 bits per heavy atom. The first-order valence-corrected chi connectivity index (χ1v) is 8.90. The van der Waals surface area contributed by atoms with E-state index in [1.54, 1.807) is 0 Å². The molecule has 1 aromatic rings. The first-order chi connectivity index (χ1) is 11.3. The fourth-order valence-electron chi connectivity index (χ4n) is 3.57. The fraction of sp³-hybridized carbons (Fsp3) is 0.611. The molecule has 2 aliphatic rings. The van der Waals surface area contributed by atoms with Crippen LogP contribution in [0, 0.1) is 0 Å². The average molecular weight is 316 g/mol. The van der Waals surface area contributed by atoms with Crippen LogP contribution in [0.15, 0.2) is 24.3 Å². The van der Waals surface area contributed by atoms with Gasteiger partial charge in [-0.1, -0.05) is 31.9 Å². The maximum atomic E-state index is 12.3. The molecule has 0 spiro atoms. The molecule has 1 saturated carbocycles. The van der Waals surface area contributed by atoms with E-state index >= 15 is 0 Å². The van der Waals surface area contributed by atoms with Gasteiger partial charge in [0.25, 0.3) is 0 Å². The minimum atomic E-state index is -0.0726. The van der Waals surface area contributed by atoms with Crippen LogP contribution < -0.4 is 15.5 Å². The molecule has 1 aromatic carbocycles. The van der Waals surface area contributed by atoms with Crippen LogP contribution in [0.2, 0.25) is 0 Å². The van der Waals surface area contributed by atoms with Crippen LogP contribution in [0.4, 0.5) is 16.2 Å². The highest BCUT2D eigenvalue weighted by Crippen LogP contribution is 2.27. The molecule has 2 amide bonds. The Morgan fingerprint density at radius 3 is 2.52 bits per heavy atom. The van der Waals surface area contributed by atoms with E-state index in [-0.39, 0.29) is 6.03 Å². The highest BCUT2D eigenvalue weighted by molar-refractivity contribution is 5.93. The second-order valence-electron chi connectivity index (χ2n) is 6.52. The van der Waals surface area contributed by atoms with Gasteiger partial charge in [0.05, 0.1) is 11.4 Å². The monoisotopic (exact) mass is 316 g/mol. The molecule has 2 fully saturated rings. The molecule has 1 aliphatic heterocycles. The van der Waals surface area contributed by atoms with Gasteiger partial charge in [-0.05, 0) is 31.5 Å². The highest BCUT2D eigenvalue weighted by atomic mass is 16.2. The first-order valence-electron chi connectivity index (χ1n) is 8.90. The van der Waals surface area contributed by atoms with Crippen LogP contribution in [-0.4, -0.2) is 49.7 Å². The number of amides is 2. The van der Waals surface area contributed by atoms with Crippen molar-refractivity contribution in [1.29, 1.82) is 0 Å². The summed E-state index contributed by atoms with van der Waals surface area (Å²) in [6.45, 7) is 7.50. The quantitative estimate of drug-likeness (QED) is 0.898. The fourth-order valence-corrected chi connectivity index (χ4v) is 3.57. The summed E-state index contributed by atoms with van der Waals surface area (Å²) in [6, 6.07) is 8.40. The summed E-state index contributed by atoms with van der Waals surface area (Å²) in [4.78, 5) is 17.1. The van der Waals surface area contributed by atoms with Gasteiger partial charge in [0.2, 0.25) is 0 Å². The van der Waals surface area contributed by atoms with E-state index in [0.717, 1.165) is 56.9 Å². The van der Waals surface area contributed by atoms with Gasteiger partial charge in [-0.2, -0.15) is 0 Å². The molecule has 1 aliphatic carbocycles. The number of nitrogens with one attached hydrogen (secondary N) is 2. The van der Waals surface area contributed by atoms with Crippen LogP contribution in [-0.2, 0) is 0 Å². The van der Waals surface area contributed by atoms with Crippen LogP contribution >= 0.6 is 0 Å². The minimum Gasteiger partial charge on any atom is -0.367 e. The van der Waals surface area contributed by atoms with Crippen molar-refractivity contribution in [2.45, 2.75) is 38.6 Å². The van der Waals surface area contributed by atoms with Crippen molar-refractivity contribution in [3.05, 3.63) is 24.3 Å². The van der Waals surface area contributed by atoms with Crippen molar-refractivity contribution in [2.75, 3.05) is 42.9 Å². The number of nitrogens with zero attached hydrogens (tertiary/aromatic N) is 2. The van der Waals surface area contributed by atoms with E-state index < -0.39 is 0 Å². The van der Waals surface area contributed by atoms with Crippen molar-refractivity contribution in [1.82, 2.24) is 10.2 Å². The summed E-state index contributed by atoms with van der Waals surface area (Å²) >= 11 is 0. The van der Waals surface area contributed by atoms with E-state index in [9.17, 15) is 4.79 Å². The van der Waals surface area contributed by atoms with Gasteiger partial charge in [0.15, 0.2) is 0 Å². The van der Waals surface area contributed by atoms with Gasteiger partial charge in [-0.15, -0.1) is 0 Å². The molecule has 126 valence electrons. The lowest BCUT2D eigenvalue weighted by Crippen LogP contribution is -2.46. The lowest BCUT2D eigenvalue weighted by atomic mass is 10.2. The summed E-state index contributed by atoms with van der Waals surface area (Å²) in [7, 11) is 0. The second kappa shape index (κ2) is 7.68. The SMILES string of the molecule is CCN1CCN(c2ccccc2NC(=O)NC2CCCC2)CC1. The Hall–Kier alpha value is -1.75. The Kier molecular flexibility index (Phi) is 5.39. The molecule has 23 heavy (non-hydrogen) atoms. The van der Waals surface area contributed by atoms with Crippen molar-refractivity contribution < 1.29 is 4.79 Å². The lowest BCUT2D eigenvalue weighted by molar-refractivity contribution is 0.248. The summed E-state index contributed by atoms with van der Waals surface area (Å²) < 4.78 is 0. The molecule has 5 heteroatoms. The van der Waals surface area contributed by atoms with E-state index in [4.69, 9.17) is 0 Å². The number of anilines is 2. The molecule has 3 rings (SSSR count). The Morgan fingerprint density at radius 1 is 1.13 bits per heavy atom. The van der Waals surface area contributed by atoms with Crippen LogP contribution in [0.5, 0.6) is 0 Å². The van der Waals surface area contributed by atoms with E-state index in [1.165, 1.54) is 12.8 Å². The number of benzene rings is 1. The lowest BCUT2D eigenvalue weighted by Gasteiger charge is -2.36. The molecular formula is C18H28N4O. The van der Waals surface area contributed by atoms with Crippen molar-refractivity contribution in [2.24, 2.45) is 0 Å². The number of urea groups is 1. The minimum absolute atomic E-state index is 0.0726. The number of para-hydroxylation sites is 2. The smallest absolute Gasteiger partial charge is 0.319 e. The maximum Gasteiger partial charge on any atom is 0.319 e. The van der Waals surface area contributed by atoms with E-state index in [0.29, 0.717) is 6.04 Å². The van der Waals surface area contributed by atoms with E-state index in [2.05, 4.69) is 33.4 Å². The molecule has 1 saturated heterocycles. The number of hydrogen-bond acceptors (Lipinski definition) is 3. The molecule has 0 bridgehead atoms. The normalized spacial score (nSPS) is 19.8. The second-order valence-corrected chi connectivity index (χ2v) is 6.52. The van der Waals surface area contributed by atoms with Crippen molar-refractivity contribution in [3.63, 3.8) is 0 Å². The van der Waals surface area contributed by atoms with Gasteiger partial charge in [-0.3, -0.25) is 0 Å².